The van der Waals surface area contributed by atoms with Gasteiger partial charge in [0.05, 0.1) is 6.20 Å². The van der Waals surface area contributed by atoms with Crippen molar-refractivity contribution in [3.8, 4) is 0 Å². The van der Waals surface area contributed by atoms with Crippen molar-refractivity contribution in [3.05, 3.63) is 18.0 Å². The van der Waals surface area contributed by atoms with Crippen LogP contribution in [0, 0.1) is 11.3 Å². The van der Waals surface area contributed by atoms with Crippen molar-refractivity contribution in [2.75, 3.05) is 0 Å². The van der Waals surface area contributed by atoms with Gasteiger partial charge < -0.3 is 0 Å². The molecule has 1 fully saturated rings. The number of carbonyl (C=O) groups excluding carboxylic acids is 1. The molecule has 0 N–H and O–H groups in total. The third kappa shape index (κ3) is 2.82. The molecule has 1 aromatic heterocycles. The average Bonchev–Trinajstić information content (AvgIpc) is 2.88. The minimum Gasteiger partial charge on any atom is -0.299 e. The smallest absolute Gasteiger partial charge is 0.143 e. The third-order valence-corrected chi connectivity index (χ3v) is 4.07. The topological polar surface area (TPSA) is 34.9 Å². The molecule has 1 saturated carbocycles. The Morgan fingerprint density at radius 3 is 2.61 bits per heavy atom. The van der Waals surface area contributed by atoms with Crippen molar-refractivity contribution in [2.45, 2.75) is 52.4 Å². The number of ketones is 1. The first-order valence-corrected chi connectivity index (χ1v) is 7.03. The first-order valence-electron chi connectivity index (χ1n) is 7.03. The van der Waals surface area contributed by atoms with Crippen LogP contribution in [-0.2, 0) is 18.3 Å². The van der Waals surface area contributed by atoms with Crippen LogP contribution in [0.1, 0.15) is 51.5 Å². The molecule has 0 atom stereocenters. The van der Waals surface area contributed by atoms with Gasteiger partial charge in [0, 0.05) is 25.1 Å². The Kier molecular flexibility index (Phi) is 3.88. The third-order valence-electron chi connectivity index (χ3n) is 4.07. The number of aryl methyl sites for hydroxylation is 1. The normalized spacial score (nSPS) is 18.4. The van der Waals surface area contributed by atoms with Crippen LogP contribution in [0.5, 0.6) is 0 Å². The Morgan fingerprint density at radius 1 is 1.44 bits per heavy atom. The minimum atomic E-state index is -0.0377. The molecule has 1 aliphatic carbocycles. The van der Waals surface area contributed by atoms with Crippen LogP contribution in [0.4, 0.5) is 0 Å². The Bertz CT molecular complexity index is 414. The molecule has 3 nitrogen and oxygen atoms in total. The van der Waals surface area contributed by atoms with Gasteiger partial charge in [0.25, 0.3) is 0 Å². The fourth-order valence-electron chi connectivity index (χ4n) is 3.37. The van der Waals surface area contributed by atoms with E-state index in [-0.39, 0.29) is 5.41 Å². The van der Waals surface area contributed by atoms with Crippen molar-refractivity contribution in [1.82, 2.24) is 9.78 Å². The van der Waals surface area contributed by atoms with E-state index in [2.05, 4.69) is 18.9 Å². The standard InChI is InChI=1S/C15H24N2O/c1-12(2)9-15(6-4-5-7-15)14(18)8-13-10-16-17(3)11-13/h10-12H,4-9H2,1-3H3. The van der Waals surface area contributed by atoms with Crippen LogP contribution in [0.2, 0.25) is 0 Å². The van der Waals surface area contributed by atoms with E-state index < -0.39 is 0 Å². The number of aromatic nitrogens is 2. The predicted molar refractivity (Wildman–Crippen MR) is 72.3 cm³/mol. The molecule has 1 aromatic rings. The second kappa shape index (κ2) is 5.25. The van der Waals surface area contributed by atoms with Crippen LogP contribution in [0.3, 0.4) is 0 Å². The molecule has 2 rings (SSSR count). The van der Waals surface area contributed by atoms with Gasteiger partial charge in [0.1, 0.15) is 5.78 Å². The summed E-state index contributed by atoms with van der Waals surface area (Å²) in [7, 11) is 1.90. The molecule has 3 heteroatoms. The fourth-order valence-corrected chi connectivity index (χ4v) is 3.37. The second-order valence-electron chi connectivity index (χ2n) is 6.21. The lowest BCUT2D eigenvalue weighted by molar-refractivity contribution is -0.128. The quantitative estimate of drug-likeness (QED) is 0.802. The van der Waals surface area contributed by atoms with Gasteiger partial charge in [-0.3, -0.25) is 9.48 Å². The summed E-state index contributed by atoms with van der Waals surface area (Å²) in [6, 6.07) is 0. The first kappa shape index (κ1) is 13.3. The highest BCUT2D eigenvalue weighted by molar-refractivity contribution is 5.87. The summed E-state index contributed by atoms with van der Waals surface area (Å²) in [5.41, 5.74) is 1.02. The molecule has 0 amide bonds. The van der Waals surface area contributed by atoms with Gasteiger partial charge in [-0.25, -0.2) is 0 Å². The van der Waals surface area contributed by atoms with E-state index in [1.165, 1.54) is 12.8 Å². The summed E-state index contributed by atoms with van der Waals surface area (Å²) in [5, 5.41) is 4.14. The summed E-state index contributed by atoms with van der Waals surface area (Å²) >= 11 is 0. The van der Waals surface area contributed by atoms with Crippen molar-refractivity contribution in [1.29, 1.82) is 0 Å². The largest absolute Gasteiger partial charge is 0.299 e. The van der Waals surface area contributed by atoms with E-state index in [0.717, 1.165) is 24.8 Å². The lowest BCUT2D eigenvalue weighted by Gasteiger charge is -2.29. The molecule has 0 aromatic carbocycles. The number of hydrogen-bond acceptors (Lipinski definition) is 2. The zero-order valence-corrected chi connectivity index (χ0v) is 11.8. The van der Waals surface area contributed by atoms with Gasteiger partial charge in [-0.05, 0) is 30.7 Å². The zero-order valence-electron chi connectivity index (χ0n) is 11.8. The summed E-state index contributed by atoms with van der Waals surface area (Å²) in [4.78, 5) is 12.6. The van der Waals surface area contributed by atoms with Crippen molar-refractivity contribution >= 4 is 5.78 Å². The molecular weight excluding hydrogens is 224 g/mol. The maximum atomic E-state index is 12.6. The number of rotatable bonds is 5. The minimum absolute atomic E-state index is 0.0377. The van der Waals surface area contributed by atoms with E-state index in [1.54, 1.807) is 4.68 Å². The Hall–Kier alpha value is -1.12. The lowest BCUT2D eigenvalue weighted by Crippen LogP contribution is -2.31. The number of hydrogen-bond donors (Lipinski definition) is 0. The van der Waals surface area contributed by atoms with E-state index in [9.17, 15) is 4.79 Å². The van der Waals surface area contributed by atoms with Crippen molar-refractivity contribution < 1.29 is 4.79 Å². The van der Waals surface area contributed by atoms with Gasteiger partial charge in [0.15, 0.2) is 0 Å². The summed E-state index contributed by atoms with van der Waals surface area (Å²) in [6.07, 6.45) is 9.98. The van der Waals surface area contributed by atoms with Crippen LogP contribution >= 0.6 is 0 Å². The Balaban J connectivity index is 2.09. The van der Waals surface area contributed by atoms with Gasteiger partial charge in [-0.1, -0.05) is 26.7 Å². The van der Waals surface area contributed by atoms with Gasteiger partial charge in [-0.15, -0.1) is 0 Å². The van der Waals surface area contributed by atoms with E-state index >= 15 is 0 Å². The molecule has 0 spiro atoms. The van der Waals surface area contributed by atoms with Crippen LogP contribution in [-0.4, -0.2) is 15.6 Å². The number of nitrogens with zero attached hydrogens (tertiary/aromatic N) is 2. The maximum Gasteiger partial charge on any atom is 0.143 e. The maximum absolute atomic E-state index is 12.6. The van der Waals surface area contributed by atoms with E-state index in [4.69, 9.17) is 0 Å². The van der Waals surface area contributed by atoms with Gasteiger partial charge in [0.2, 0.25) is 0 Å². The van der Waals surface area contributed by atoms with E-state index in [0.29, 0.717) is 18.1 Å². The zero-order chi connectivity index (χ0) is 13.2. The molecule has 0 bridgehead atoms. The fraction of sp³-hybridized carbons (Fsp3) is 0.733. The van der Waals surface area contributed by atoms with E-state index in [1.807, 2.05) is 19.4 Å². The SMILES string of the molecule is CC(C)CC1(C(=O)Cc2cnn(C)c2)CCCC1. The molecule has 0 saturated heterocycles. The highest BCUT2D eigenvalue weighted by Crippen LogP contribution is 2.44. The highest BCUT2D eigenvalue weighted by Gasteiger charge is 2.40. The molecule has 18 heavy (non-hydrogen) atoms. The summed E-state index contributed by atoms with van der Waals surface area (Å²) in [6.45, 7) is 4.44. The van der Waals surface area contributed by atoms with Crippen molar-refractivity contribution in [2.24, 2.45) is 18.4 Å². The summed E-state index contributed by atoms with van der Waals surface area (Å²) < 4.78 is 1.77. The van der Waals surface area contributed by atoms with Crippen LogP contribution in [0.25, 0.3) is 0 Å². The molecular formula is C15H24N2O. The van der Waals surface area contributed by atoms with Crippen molar-refractivity contribution in [3.63, 3.8) is 0 Å². The first-order chi connectivity index (χ1) is 8.52. The highest BCUT2D eigenvalue weighted by atomic mass is 16.1. The van der Waals surface area contributed by atoms with Gasteiger partial charge >= 0.3 is 0 Å². The Labute approximate surface area is 110 Å². The Morgan fingerprint density at radius 2 is 2.11 bits per heavy atom. The van der Waals surface area contributed by atoms with Gasteiger partial charge in [-0.2, -0.15) is 5.10 Å². The average molecular weight is 248 g/mol. The summed E-state index contributed by atoms with van der Waals surface area (Å²) in [5.74, 6) is 1.03. The van der Waals surface area contributed by atoms with Crippen LogP contribution in [0.15, 0.2) is 12.4 Å². The number of Topliss-reactive ketones (excluding diaryl/α,β-unsaturated/α-hetero) is 1. The van der Waals surface area contributed by atoms with Crippen LogP contribution < -0.4 is 0 Å². The lowest BCUT2D eigenvalue weighted by atomic mass is 9.73. The molecule has 1 heterocycles. The molecule has 1 aliphatic rings. The predicted octanol–water partition coefficient (Wildman–Crippen LogP) is 3.14. The second-order valence-corrected chi connectivity index (χ2v) is 6.21. The molecule has 0 aliphatic heterocycles. The molecule has 0 unspecified atom stereocenters. The monoisotopic (exact) mass is 248 g/mol. The molecule has 0 radical (unpaired) electrons. The molecule has 100 valence electrons. The number of carbonyl (C=O) groups is 1.